The van der Waals surface area contributed by atoms with Crippen LogP contribution >= 0.6 is 11.6 Å². The van der Waals surface area contributed by atoms with E-state index in [2.05, 4.69) is 0 Å². The molecular formula is C10H10ClFO2. The summed E-state index contributed by atoms with van der Waals surface area (Å²) in [6.45, 7) is 3.52. The Hall–Kier alpha value is -1.09. The van der Waals surface area contributed by atoms with Gasteiger partial charge in [0, 0.05) is 6.07 Å². The molecule has 1 rings (SSSR count). The predicted octanol–water partition coefficient (Wildman–Crippen LogP) is 3.08. The van der Waals surface area contributed by atoms with Crippen molar-refractivity contribution in [2.45, 2.75) is 13.8 Å². The van der Waals surface area contributed by atoms with Gasteiger partial charge in [-0.2, -0.15) is 0 Å². The Labute approximate surface area is 86.6 Å². The molecule has 0 aliphatic rings. The van der Waals surface area contributed by atoms with E-state index in [9.17, 15) is 9.18 Å². The molecule has 0 amide bonds. The highest BCUT2D eigenvalue weighted by Crippen LogP contribution is 2.25. The van der Waals surface area contributed by atoms with Gasteiger partial charge in [-0.3, -0.25) is 4.79 Å². The number of hydrogen-bond donors (Lipinski definition) is 0. The monoisotopic (exact) mass is 216 g/mol. The number of Topliss-reactive ketones (excluding diaryl/α,β-unsaturated/α-hetero) is 1. The van der Waals surface area contributed by atoms with E-state index in [-0.39, 0.29) is 16.4 Å². The average molecular weight is 217 g/mol. The molecule has 76 valence electrons. The summed E-state index contributed by atoms with van der Waals surface area (Å²) in [5.41, 5.74) is -0.0408. The lowest BCUT2D eigenvalue weighted by atomic mass is 10.1. The fourth-order valence-corrected chi connectivity index (χ4v) is 1.28. The van der Waals surface area contributed by atoms with Crippen LogP contribution in [0.5, 0.6) is 5.75 Å². The van der Waals surface area contributed by atoms with Gasteiger partial charge in [0.05, 0.1) is 17.2 Å². The number of halogens is 2. The third kappa shape index (κ3) is 2.23. The Bertz CT molecular complexity index is 363. The summed E-state index contributed by atoms with van der Waals surface area (Å²) in [5.74, 6) is -0.655. The van der Waals surface area contributed by atoms with Crippen molar-refractivity contribution in [1.82, 2.24) is 0 Å². The fraction of sp³-hybridized carbons (Fsp3) is 0.300. The van der Waals surface area contributed by atoms with Crippen LogP contribution < -0.4 is 4.74 Å². The van der Waals surface area contributed by atoms with Crippen LogP contribution in [0, 0.1) is 5.82 Å². The second-order valence-corrected chi connectivity index (χ2v) is 3.16. The van der Waals surface area contributed by atoms with Gasteiger partial charge in [-0.15, -0.1) is 0 Å². The molecule has 0 radical (unpaired) electrons. The molecule has 0 aliphatic carbocycles. The van der Waals surface area contributed by atoms with Crippen molar-refractivity contribution in [3.8, 4) is 5.75 Å². The molecule has 1 aromatic rings. The van der Waals surface area contributed by atoms with Crippen molar-refractivity contribution < 1.29 is 13.9 Å². The van der Waals surface area contributed by atoms with Crippen LogP contribution in [0.3, 0.4) is 0 Å². The van der Waals surface area contributed by atoms with Crippen LogP contribution in [-0.4, -0.2) is 12.4 Å². The van der Waals surface area contributed by atoms with Crippen LogP contribution in [0.15, 0.2) is 12.1 Å². The van der Waals surface area contributed by atoms with Gasteiger partial charge in [-0.1, -0.05) is 11.6 Å². The number of hydrogen-bond acceptors (Lipinski definition) is 2. The van der Waals surface area contributed by atoms with E-state index in [0.29, 0.717) is 12.4 Å². The first-order chi connectivity index (χ1) is 6.56. The maximum absolute atomic E-state index is 13.3. The Morgan fingerprint density at radius 1 is 1.57 bits per heavy atom. The van der Waals surface area contributed by atoms with Gasteiger partial charge >= 0.3 is 0 Å². The lowest BCUT2D eigenvalue weighted by molar-refractivity contribution is 0.101. The molecule has 0 heterocycles. The van der Waals surface area contributed by atoms with Gasteiger partial charge in [0.25, 0.3) is 0 Å². The molecule has 0 atom stereocenters. The smallest absolute Gasteiger partial charge is 0.162 e. The molecule has 4 heteroatoms. The number of ketones is 1. The highest BCUT2D eigenvalue weighted by Gasteiger charge is 2.13. The van der Waals surface area contributed by atoms with Crippen LogP contribution in [0.2, 0.25) is 5.02 Å². The second kappa shape index (κ2) is 4.42. The molecule has 0 unspecified atom stereocenters. The lowest BCUT2D eigenvalue weighted by Crippen LogP contribution is -2.00. The Balaban J connectivity index is 3.21. The predicted molar refractivity (Wildman–Crippen MR) is 52.6 cm³/mol. The van der Waals surface area contributed by atoms with E-state index in [1.807, 2.05) is 0 Å². The van der Waals surface area contributed by atoms with Gasteiger partial charge < -0.3 is 4.74 Å². The van der Waals surface area contributed by atoms with E-state index in [0.717, 1.165) is 0 Å². The second-order valence-electron chi connectivity index (χ2n) is 2.76. The first-order valence-corrected chi connectivity index (χ1v) is 4.56. The third-order valence-electron chi connectivity index (χ3n) is 1.69. The van der Waals surface area contributed by atoms with Crippen molar-refractivity contribution in [2.75, 3.05) is 6.61 Å². The molecule has 0 fully saturated rings. The first-order valence-electron chi connectivity index (χ1n) is 4.19. The van der Waals surface area contributed by atoms with E-state index in [1.165, 1.54) is 19.1 Å². The summed E-state index contributed by atoms with van der Waals surface area (Å²) >= 11 is 5.59. The molecule has 0 aromatic heterocycles. The fourth-order valence-electron chi connectivity index (χ4n) is 1.07. The molecule has 0 saturated heterocycles. The van der Waals surface area contributed by atoms with Crippen molar-refractivity contribution in [3.05, 3.63) is 28.5 Å². The van der Waals surface area contributed by atoms with Gasteiger partial charge in [0.1, 0.15) is 5.75 Å². The molecule has 1 aromatic carbocycles. The quantitative estimate of drug-likeness (QED) is 0.726. The van der Waals surface area contributed by atoms with Crippen LogP contribution in [0.25, 0.3) is 0 Å². The largest absolute Gasteiger partial charge is 0.494 e. The zero-order chi connectivity index (χ0) is 10.7. The summed E-state index contributed by atoms with van der Waals surface area (Å²) in [6, 6.07) is 2.71. The zero-order valence-corrected chi connectivity index (χ0v) is 8.69. The van der Waals surface area contributed by atoms with Gasteiger partial charge in [0.2, 0.25) is 0 Å². The standard InChI is InChI=1S/C10H10ClFO2/c1-3-14-7-4-8(6(2)13)10(12)9(11)5-7/h4-5H,3H2,1-2H3. The molecular weight excluding hydrogens is 207 g/mol. The molecule has 0 spiro atoms. The first kappa shape index (κ1) is 11.0. The minimum atomic E-state index is -0.692. The van der Waals surface area contributed by atoms with Crippen LogP contribution in [0.1, 0.15) is 24.2 Å². The van der Waals surface area contributed by atoms with Crippen LogP contribution in [-0.2, 0) is 0 Å². The molecule has 0 bridgehead atoms. The molecule has 14 heavy (non-hydrogen) atoms. The number of carbonyl (C=O) groups excluding carboxylic acids is 1. The van der Waals surface area contributed by atoms with Crippen molar-refractivity contribution in [2.24, 2.45) is 0 Å². The zero-order valence-electron chi connectivity index (χ0n) is 7.93. The van der Waals surface area contributed by atoms with Gasteiger partial charge in [-0.05, 0) is 19.9 Å². The summed E-state index contributed by atoms with van der Waals surface area (Å²) in [5, 5.41) is -0.0962. The summed E-state index contributed by atoms with van der Waals surface area (Å²) in [7, 11) is 0. The number of ether oxygens (including phenoxy) is 1. The molecule has 0 N–H and O–H groups in total. The highest BCUT2D eigenvalue weighted by molar-refractivity contribution is 6.31. The van der Waals surface area contributed by atoms with Crippen molar-refractivity contribution in [1.29, 1.82) is 0 Å². The number of rotatable bonds is 3. The molecule has 0 saturated carbocycles. The topological polar surface area (TPSA) is 26.3 Å². The van der Waals surface area contributed by atoms with Crippen molar-refractivity contribution >= 4 is 17.4 Å². The van der Waals surface area contributed by atoms with Gasteiger partial charge in [0.15, 0.2) is 11.6 Å². The molecule has 2 nitrogen and oxygen atoms in total. The summed E-state index contributed by atoms with van der Waals surface area (Å²) in [4.78, 5) is 11.0. The van der Waals surface area contributed by atoms with Crippen LogP contribution in [0.4, 0.5) is 4.39 Å². The highest BCUT2D eigenvalue weighted by atomic mass is 35.5. The maximum atomic E-state index is 13.3. The van der Waals surface area contributed by atoms with E-state index >= 15 is 0 Å². The Morgan fingerprint density at radius 3 is 2.71 bits per heavy atom. The number of carbonyl (C=O) groups is 1. The average Bonchev–Trinajstić information content (AvgIpc) is 2.11. The minimum absolute atomic E-state index is 0.0408. The third-order valence-corrected chi connectivity index (χ3v) is 1.97. The lowest BCUT2D eigenvalue weighted by Gasteiger charge is -2.06. The normalized spacial score (nSPS) is 10.0. The summed E-state index contributed by atoms with van der Waals surface area (Å²) in [6.07, 6.45) is 0. The van der Waals surface area contributed by atoms with E-state index in [1.54, 1.807) is 6.92 Å². The van der Waals surface area contributed by atoms with E-state index in [4.69, 9.17) is 16.3 Å². The van der Waals surface area contributed by atoms with Gasteiger partial charge in [-0.25, -0.2) is 4.39 Å². The van der Waals surface area contributed by atoms with E-state index < -0.39 is 5.82 Å². The maximum Gasteiger partial charge on any atom is 0.162 e. The summed E-state index contributed by atoms with van der Waals surface area (Å²) < 4.78 is 18.4. The SMILES string of the molecule is CCOc1cc(Cl)c(F)c(C(C)=O)c1. The Morgan fingerprint density at radius 2 is 2.21 bits per heavy atom. The van der Waals surface area contributed by atoms with Crippen molar-refractivity contribution in [3.63, 3.8) is 0 Å². The number of benzene rings is 1. The minimum Gasteiger partial charge on any atom is -0.494 e. The molecule has 0 aliphatic heterocycles. The Kier molecular flexibility index (Phi) is 3.47.